The molecule has 0 unspecified atom stereocenters. The van der Waals surface area contributed by atoms with Gasteiger partial charge in [0.25, 0.3) is 0 Å². The second-order valence-corrected chi connectivity index (χ2v) is 5.89. The molecule has 0 bridgehead atoms. The molecule has 0 atom stereocenters. The number of urea groups is 1. The fourth-order valence-corrected chi connectivity index (χ4v) is 2.64. The number of hydrogen-bond acceptors (Lipinski definition) is 3. The molecule has 5 nitrogen and oxygen atoms in total. The van der Waals surface area contributed by atoms with Crippen molar-refractivity contribution in [1.82, 2.24) is 15.6 Å². The third-order valence-corrected chi connectivity index (χ3v) is 4.29. The van der Waals surface area contributed by atoms with Gasteiger partial charge in [-0.25, -0.2) is 9.78 Å². The lowest BCUT2D eigenvalue weighted by Crippen LogP contribution is -2.39. The fourth-order valence-electron chi connectivity index (χ4n) is 2.64. The molecule has 1 fully saturated rings. The highest BCUT2D eigenvalue weighted by Crippen LogP contribution is 2.47. The average molecular weight is 311 g/mol. The molecule has 2 amide bonds. The maximum absolute atomic E-state index is 12.0. The highest BCUT2D eigenvalue weighted by atomic mass is 16.5. The fraction of sp³-hybridized carbons (Fsp3) is 0.333. The van der Waals surface area contributed by atoms with Crippen LogP contribution in [0.25, 0.3) is 0 Å². The Morgan fingerprint density at radius 1 is 1.17 bits per heavy atom. The molecule has 1 aliphatic rings. The molecular weight excluding hydrogens is 290 g/mol. The van der Waals surface area contributed by atoms with Crippen LogP contribution in [0.3, 0.4) is 0 Å². The Kier molecular flexibility index (Phi) is 4.46. The second-order valence-electron chi connectivity index (χ2n) is 5.89. The van der Waals surface area contributed by atoms with E-state index in [4.69, 9.17) is 4.74 Å². The summed E-state index contributed by atoms with van der Waals surface area (Å²) in [6, 6.07) is 13.9. The normalized spacial score (nSPS) is 14.8. The van der Waals surface area contributed by atoms with Gasteiger partial charge in [-0.15, -0.1) is 0 Å². The molecule has 1 heterocycles. The third kappa shape index (κ3) is 3.80. The van der Waals surface area contributed by atoms with Crippen LogP contribution in [0.2, 0.25) is 0 Å². The Labute approximate surface area is 136 Å². The lowest BCUT2D eigenvalue weighted by molar-refractivity contribution is 0.239. The van der Waals surface area contributed by atoms with Crippen molar-refractivity contribution in [2.75, 3.05) is 13.7 Å². The summed E-state index contributed by atoms with van der Waals surface area (Å²) in [4.78, 5) is 16.1. The van der Waals surface area contributed by atoms with Crippen LogP contribution in [0.4, 0.5) is 4.79 Å². The number of nitrogens with one attached hydrogen (secondary N) is 2. The summed E-state index contributed by atoms with van der Waals surface area (Å²) in [7, 11) is 1.58. The van der Waals surface area contributed by atoms with Crippen LogP contribution < -0.4 is 15.4 Å². The molecule has 23 heavy (non-hydrogen) atoms. The van der Waals surface area contributed by atoms with Crippen molar-refractivity contribution in [3.05, 3.63) is 59.8 Å². The summed E-state index contributed by atoms with van der Waals surface area (Å²) in [5.41, 5.74) is 2.37. The van der Waals surface area contributed by atoms with Crippen LogP contribution in [-0.2, 0) is 12.0 Å². The van der Waals surface area contributed by atoms with Crippen LogP contribution in [0.1, 0.15) is 24.0 Å². The highest BCUT2D eigenvalue weighted by molar-refractivity contribution is 5.74. The summed E-state index contributed by atoms with van der Waals surface area (Å²) in [6.07, 6.45) is 3.95. The number of rotatable bonds is 6. The number of carbonyl (C=O) groups is 1. The summed E-state index contributed by atoms with van der Waals surface area (Å²) >= 11 is 0. The molecule has 0 radical (unpaired) electrons. The second kappa shape index (κ2) is 6.69. The van der Waals surface area contributed by atoms with Crippen LogP contribution >= 0.6 is 0 Å². The first-order valence-corrected chi connectivity index (χ1v) is 7.78. The first-order chi connectivity index (χ1) is 11.2. The third-order valence-electron chi connectivity index (χ3n) is 4.29. The number of benzene rings is 1. The van der Waals surface area contributed by atoms with E-state index in [-0.39, 0.29) is 11.4 Å². The largest absolute Gasteiger partial charge is 0.481 e. The van der Waals surface area contributed by atoms with E-state index in [9.17, 15) is 4.79 Å². The Morgan fingerprint density at radius 3 is 2.57 bits per heavy atom. The minimum absolute atomic E-state index is 0.125. The summed E-state index contributed by atoms with van der Waals surface area (Å²) < 4.78 is 5.01. The molecule has 1 aliphatic carbocycles. The van der Waals surface area contributed by atoms with E-state index >= 15 is 0 Å². The molecule has 2 aromatic rings. The van der Waals surface area contributed by atoms with Crippen molar-refractivity contribution in [1.29, 1.82) is 0 Å². The van der Waals surface area contributed by atoms with Crippen LogP contribution in [0, 0.1) is 0 Å². The van der Waals surface area contributed by atoms with Crippen molar-refractivity contribution >= 4 is 6.03 Å². The number of amides is 2. The van der Waals surface area contributed by atoms with Crippen molar-refractivity contribution in [2.24, 2.45) is 0 Å². The zero-order valence-electron chi connectivity index (χ0n) is 13.2. The minimum atomic E-state index is -0.150. The lowest BCUT2D eigenvalue weighted by Gasteiger charge is -2.17. The first kappa shape index (κ1) is 15.3. The molecule has 5 heteroatoms. The molecule has 0 aliphatic heterocycles. The SMILES string of the molecule is COc1ccc(CNC(=O)NCC2(c3ccccc3)CC2)cn1. The van der Waals surface area contributed by atoms with Gasteiger partial charge in [-0.1, -0.05) is 36.4 Å². The minimum Gasteiger partial charge on any atom is -0.481 e. The average Bonchev–Trinajstić information content (AvgIpc) is 3.41. The zero-order valence-corrected chi connectivity index (χ0v) is 13.2. The number of nitrogens with zero attached hydrogens (tertiary/aromatic N) is 1. The summed E-state index contributed by atoms with van der Waals surface area (Å²) in [6.45, 7) is 1.12. The maximum atomic E-state index is 12.0. The highest BCUT2D eigenvalue weighted by Gasteiger charge is 2.44. The number of ether oxygens (including phenoxy) is 1. The predicted octanol–water partition coefficient (Wildman–Crippen LogP) is 2.62. The Bertz CT molecular complexity index is 652. The van der Waals surface area contributed by atoms with Gasteiger partial charge in [0.05, 0.1) is 7.11 Å². The van der Waals surface area contributed by atoms with Gasteiger partial charge in [0.1, 0.15) is 0 Å². The van der Waals surface area contributed by atoms with Crippen LogP contribution in [0.5, 0.6) is 5.88 Å². The van der Waals surface area contributed by atoms with Gasteiger partial charge < -0.3 is 15.4 Å². The number of pyridine rings is 1. The van der Waals surface area contributed by atoms with E-state index in [1.807, 2.05) is 24.3 Å². The van der Waals surface area contributed by atoms with Crippen molar-refractivity contribution < 1.29 is 9.53 Å². The smallest absolute Gasteiger partial charge is 0.315 e. The standard InChI is InChI=1S/C18H21N3O2/c1-23-16-8-7-14(11-19-16)12-20-17(22)21-13-18(9-10-18)15-5-3-2-4-6-15/h2-8,11H,9-10,12-13H2,1H3,(H2,20,21,22). The molecule has 0 saturated heterocycles. The maximum Gasteiger partial charge on any atom is 0.315 e. The first-order valence-electron chi connectivity index (χ1n) is 7.78. The Balaban J connectivity index is 1.46. The lowest BCUT2D eigenvalue weighted by atomic mass is 9.96. The number of methoxy groups -OCH3 is 1. The molecule has 1 aromatic heterocycles. The van der Waals surface area contributed by atoms with Gasteiger partial charge in [0.15, 0.2) is 0 Å². The van der Waals surface area contributed by atoms with Crippen LogP contribution in [-0.4, -0.2) is 24.7 Å². The zero-order chi connectivity index (χ0) is 16.1. The molecule has 120 valence electrons. The molecule has 1 saturated carbocycles. The molecule has 3 rings (SSSR count). The van der Waals surface area contributed by atoms with Gasteiger partial charge in [-0.05, 0) is 24.0 Å². The van der Waals surface area contributed by atoms with Gasteiger partial charge >= 0.3 is 6.03 Å². The summed E-state index contributed by atoms with van der Waals surface area (Å²) in [5, 5.41) is 5.84. The van der Waals surface area contributed by atoms with E-state index in [2.05, 4.69) is 27.8 Å². The van der Waals surface area contributed by atoms with E-state index in [0.717, 1.165) is 18.4 Å². The number of aromatic nitrogens is 1. The summed E-state index contributed by atoms with van der Waals surface area (Å²) in [5.74, 6) is 0.566. The Morgan fingerprint density at radius 2 is 1.96 bits per heavy atom. The van der Waals surface area contributed by atoms with E-state index in [1.54, 1.807) is 19.4 Å². The molecule has 2 N–H and O–H groups in total. The number of carbonyl (C=O) groups excluding carboxylic acids is 1. The molecule has 1 aromatic carbocycles. The van der Waals surface area contributed by atoms with Gasteiger partial charge in [0, 0.05) is 30.8 Å². The van der Waals surface area contributed by atoms with Crippen molar-refractivity contribution in [3.8, 4) is 5.88 Å². The molecule has 0 spiro atoms. The Hall–Kier alpha value is -2.56. The molecular formula is C18H21N3O2. The van der Waals surface area contributed by atoms with Crippen LogP contribution in [0.15, 0.2) is 48.7 Å². The van der Waals surface area contributed by atoms with E-state index in [1.165, 1.54) is 5.56 Å². The van der Waals surface area contributed by atoms with Crippen molar-refractivity contribution in [2.45, 2.75) is 24.8 Å². The topological polar surface area (TPSA) is 63.2 Å². The van der Waals surface area contributed by atoms with Gasteiger partial charge in [-0.3, -0.25) is 0 Å². The van der Waals surface area contributed by atoms with Gasteiger partial charge in [-0.2, -0.15) is 0 Å². The monoisotopic (exact) mass is 311 g/mol. The van der Waals surface area contributed by atoms with Crippen molar-refractivity contribution in [3.63, 3.8) is 0 Å². The van der Waals surface area contributed by atoms with E-state index < -0.39 is 0 Å². The van der Waals surface area contributed by atoms with Gasteiger partial charge in [0.2, 0.25) is 5.88 Å². The number of hydrogen-bond donors (Lipinski definition) is 2. The predicted molar refractivity (Wildman–Crippen MR) is 88.4 cm³/mol. The quantitative estimate of drug-likeness (QED) is 0.862. The van der Waals surface area contributed by atoms with E-state index in [0.29, 0.717) is 19.0 Å².